The molecule has 0 amide bonds. The van der Waals surface area contributed by atoms with E-state index in [2.05, 4.69) is 15.9 Å². The molecule has 0 fully saturated rings. The molecule has 0 saturated heterocycles. The van der Waals surface area contributed by atoms with E-state index in [-0.39, 0.29) is 5.82 Å². The van der Waals surface area contributed by atoms with Crippen LogP contribution in [0.2, 0.25) is 10.0 Å². The van der Waals surface area contributed by atoms with Gasteiger partial charge >= 0.3 is 0 Å². The molecule has 0 spiro atoms. The Hall–Kier alpha value is -0.770. The van der Waals surface area contributed by atoms with Gasteiger partial charge in [-0.3, -0.25) is 0 Å². The molecular weight excluding hydrogens is 342 g/mol. The third-order valence-corrected chi connectivity index (χ3v) is 3.43. The molecular formula is C13H8BrCl2FO. The van der Waals surface area contributed by atoms with Gasteiger partial charge in [-0.2, -0.15) is 0 Å². The van der Waals surface area contributed by atoms with E-state index in [1.54, 1.807) is 30.3 Å². The Morgan fingerprint density at radius 1 is 1.11 bits per heavy atom. The van der Waals surface area contributed by atoms with Gasteiger partial charge in [0, 0.05) is 11.1 Å². The molecule has 0 N–H and O–H groups in total. The molecule has 0 unspecified atom stereocenters. The second kappa shape index (κ2) is 5.91. The molecule has 0 atom stereocenters. The van der Waals surface area contributed by atoms with Crippen molar-refractivity contribution in [3.8, 4) is 5.75 Å². The third kappa shape index (κ3) is 3.37. The van der Waals surface area contributed by atoms with Crippen LogP contribution in [-0.2, 0) is 6.61 Å². The Kier molecular flexibility index (Phi) is 4.49. The standard InChI is InChI=1S/C13H8BrCl2FO/c14-10-5-8(1-4-12(10)17)7-18-13-6-9(15)2-3-11(13)16/h1-6H,7H2. The van der Waals surface area contributed by atoms with Crippen LogP contribution in [0.5, 0.6) is 5.75 Å². The first-order chi connectivity index (χ1) is 8.56. The fraction of sp³-hybridized carbons (Fsp3) is 0.0769. The Balaban J connectivity index is 2.11. The van der Waals surface area contributed by atoms with E-state index in [1.807, 2.05) is 0 Å². The number of rotatable bonds is 3. The Morgan fingerprint density at radius 3 is 2.61 bits per heavy atom. The summed E-state index contributed by atoms with van der Waals surface area (Å²) in [6.07, 6.45) is 0. The molecule has 2 aromatic carbocycles. The molecule has 0 saturated carbocycles. The summed E-state index contributed by atoms with van der Waals surface area (Å²) in [4.78, 5) is 0. The molecule has 2 rings (SSSR count). The van der Waals surface area contributed by atoms with E-state index in [9.17, 15) is 4.39 Å². The van der Waals surface area contributed by atoms with Gasteiger partial charge in [0.05, 0.1) is 9.50 Å². The van der Waals surface area contributed by atoms with Crippen molar-refractivity contribution >= 4 is 39.1 Å². The summed E-state index contributed by atoms with van der Waals surface area (Å²) in [7, 11) is 0. The minimum absolute atomic E-state index is 0.291. The van der Waals surface area contributed by atoms with E-state index in [4.69, 9.17) is 27.9 Å². The zero-order valence-electron chi connectivity index (χ0n) is 9.09. The van der Waals surface area contributed by atoms with Crippen LogP contribution in [-0.4, -0.2) is 0 Å². The van der Waals surface area contributed by atoms with Gasteiger partial charge in [0.2, 0.25) is 0 Å². The highest BCUT2D eigenvalue weighted by atomic mass is 79.9. The molecule has 0 aliphatic carbocycles. The van der Waals surface area contributed by atoms with Crippen LogP contribution in [0.3, 0.4) is 0 Å². The van der Waals surface area contributed by atoms with Gasteiger partial charge in [0.1, 0.15) is 18.2 Å². The minimum atomic E-state index is -0.306. The molecule has 0 aliphatic rings. The average Bonchev–Trinajstić information content (AvgIpc) is 2.34. The number of halogens is 4. The first-order valence-electron chi connectivity index (χ1n) is 5.08. The van der Waals surface area contributed by atoms with Crippen LogP contribution >= 0.6 is 39.1 Å². The predicted octanol–water partition coefficient (Wildman–Crippen LogP) is 5.47. The SMILES string of the molecule is Fc1ccc(COc2cc(Cl)ccc2Cl)cc1Br. The van der Waals surface area contributed by atoms with Crippen molar-refractivity contribution in [3.05, 3.63) is 62.3 Å². The van der Waals surface area contributed by atoms with Crippen LogP contribution in [0.4, 0.5) is 4.39 Å². The predicted molar refractivity (Wildman–Crippen MR) is 74.9 cm³/mol. The summed E-state index contributed by atoms with van der Waals surface area (Å²) >= 11 is 14.9. The van der Waals surface area contributed by atoms with E-state index < -0.39 is 0 Å². The number of hydrogen-bond acceptors (Lipinski definition) is 1. The summed E-state index contributed by atoms with van der Waals surface area (Å²) < 4.78 is 19.0. The van der Waals surface area contributed by atoms with Crippen LogP contribution < -0.4 is 4.74 Å². The number of benzene rings is 2. The van der Waals surface area contributed by atoms with Gasteiger partial charge in [0.15, 0.2) is 0 Å². The zero-order chi connectivity index (χ0) is 13.1. The van der Waals surface area contributed by atoms with Crippen molar-refractivity contribution in [3.63, 3.8) is 0 Å². The van der Waals surface area contributed by atoms with Crippen molar-refractivity contribution in [2.45, 2.75) is 6.61 Å². The lowest BCUT2D eigenvalue weighted by Crippen LogP contribution is -1.96. The molecule has 0 radical (unpaired) electrons. The Bertz CT molecular complexity index is 575. The summed E-state index contributed by atoms with van der Waals surface area (Å²) in [5.74, 6) is 0.198. The highest BCUT2D eigenvalue weighted by Gasteiger charge is 2.05. The second-order valence-electron chi connectivity index (χ2n) is 3.61. The van der Waals surface area contributed by atoms with Gasteiger partial charge in [-0.25, -0.2) is 4.39 Å². The van der Waals surface area contributed by atoms with Crippen LogP contribution in [0.25, 0.3) is 0 Å². The van der Waals surface area contributed by atoms with E-state index in [1.165, 1.54) is 6.07 Å². The average molecular weight is 350 g/mol. The van der Waals surface area contributed by atoms with Crippen LogP contribution in [0.15, 0.2) is 40.9 Å². The summed E-state index contributed by atoms with van der Waals surface area (Å²) in [5, 5.41) is 1.04. The second-order valence-corrected chi connectivity index (χ2v) is 5.31. The summed E-state index contributed by atoms with van der Waals surface area (Å²) in [6.45, 7) is 0.291. The van der Waals surface area contributed by atoms with Crippen LogP contribution in [0.1, 0.15) is 5.56 Å². The largest absolute Gasteiger partial charge is 0.487 e. The van der Waals surface area contributed by atoms with Gasteiger partial charge < -0.3 is 4.74 Å². The van der Waals surface area contributed by atoms with Gasteiger partial charge in [-0.1, -0.05) is 29.3 Å². The normalized spacial score (nSPS) is 10.4. The molecule has 0 aromatic heterocycles. The van der Waals surface area contributed by atoms with E-state index in [0.717, 1.165) is 5.56 Å². The summed E-state index contributed by atoms with van der Waals surface area (Å²) in [6, 6.07) is 9.68. The number of ether oxygens (including phenoxy) is 1. The van der Waals surface area contributed by atoms with E-state index >= 15 is 0 Å². The third-order valence-electron chi connectivity index (χ3n) is 2.27. The highest BCUT2D eigenvalue weighted by Crippen LogP contribution is 2.28. The molecule has 0 heterocycles. The number of hydrogen-bond donors (Lipinski definition) is 0. The minimum Gasteiger partial charge on any atom is -0.487 e. The molecule has 18 heavy (non-hydrogen) atoms. The molecule has 5 heteroatoms. The topological polar surface area (TPSA) is 9.23 Å². The lowest BCUT2D eigenvalue weighted by atomic mass is 10.2. The van der Waals surface area contributed by atoms with Crippen molar-refractivity contribution in [1.82, 2.24) is 0 Å². The highest BCUT2D eigenvalue weighted by molar-refractivity contribution is 9.10. The van der Waals surface area contributed by atoms with Crippen LogP contribution in [0, 0.1) is 5.82 Å². The maximum atomic E-state index is 13.1. The molecule has 94 valence electrons. The van der Waals surface area contributed by atoms with Crippen molar-refractivity contribution < 1.29 is 9.13 Å². The molecule has 1 nitrogen and oxygen atoms in total. The first kappa shape index (κ1) is 13.7. The quantitative estimate of drug-likeness (QED) is 0.713. The Morgan fingerprint density at radius 2 is 1.89 bits per heavy atom. The van der Waals surface area contributed by atoms with Crippen molar-refractivity contribution in [2.75, 3.05) is 0 Å². The molecule has 2 aromatic rings. The maximum Gasteiger partial charge on any atom is 0.139 e. The monoisotopic (exact) mass is 348 g/mol. The lowest BCUT2D eigenvalue weighted by molar-refractivity contribution is 0.306. The van der Waals surface area contributed by atoms with Crippen molar-refractivity contribution in [2.24, 2.45) is 0 Å². The van der Waals surface area contributed by atoms with Gasteiger partial charge in [-0.15, -0.1) is 0 Å². The van der Waals surface area contributed by atoms with E-state index in [0.29, 0.717) is 26.9 Å². The van der Waals surface area contributed by atoms with Gasteiger partial charge in [0.25, 0.3) is 0 Å². The summed E-state index contributed by atoms with van der Waals surface area (Å²) in [5.41, 5.74) is 0.833. The Labute approximate surface area is 123 Å². The fourth-order valence-electron chi connectivity index (χ4n) is 1.38. The van der Waals surface area contributed by atoms with Crippen molar-refractivity contribution in [1.29, 1.82) is 0 Å². The van der Waals surface area contributed by atoms with Gasteiger partial charge in [-0.05, 0) is 45.8 Å². The molecule has 0 aliphatic heterocycles. The zero-order valence-corrected chi connectivity index (χ0v) is 12.2. The fourth-order valence-corrected chi connectivity index (χ4v) is 2.14. The first-order valence-corrected chi connectivity index (χ1v) is 6.63. The smallest absolute Gasteiger partial charge is 0.139 e. The maximum absolute atomic E-state index is 13.1. The molecule has 0 bridgehead atoms. The lowest BCUT2D eigenvalue weighted by Gasteiger charge is -2.09.